The Bertz CT molecular complexity index is 1040. The number of aromatic nitrogens is 2. The summed E-state index contributed by atoms with van der Waals surface area (Å²) >= 11 is 0. The fourth-order valence-corrected chi connectivity index (χ4v) is 2.89. The highest BCUT2D eigenvalue weighted by Crippen LogP contribution is 2.16. The van der Waals surface area contributed by atoms with Crippen LogP contribution in [0.2, 0.25) is 0 Å². The monoisotopic (exact) mass is 376 g/mol. The first-order valence-corrected chi connectivity index (χ1v) is 9.25. The molecule has 0 bridgehead atoms. The zero-order valence-electron chi connectivity index (χ0n) is 16.3. The Morgan fingerprint density at radius 1 is 1.04 bits per heavy atom. The van der Waals surface area contributed by atoms with E-state index in [4.69, 9.17) is 0 Å². The SMILES string of the molecule is CCc1ccc(NC(=O)Cn2c(Nc3cccc(C)c3)nc(C)cc2=O)cc1. The Balaban J connectivity index is 1.82. The van der Waals surface area contributed by atoms with E-state index in [1.807, 2.05) is 55.5 Å². The van der Waals surface area contributed by atoms with Gasteiger partial charge in [0.15, 0.2) is 0 Å². The molecule has 144 valence electrons. The molecule has 1 aromatic heterocycles. The van der Waals surface area contributed by atoms with Crippen molar-refractivity contribution in [3.8, 4) is 0 Å². The van der Waals surface area contributed by atoms with Gasteiger partial charge in [0.25, 0.3) is 5.56 Å². The largest absolute Gasteiger partial charge is 0.326 e. The third-order valence-electron chi connectivity index (χ3n) is 4.36. The average Bonchev–Trinajstić information content (AvgIpc) is 2.65. The Labute approximate surface area is 164 Å². The molecule has 0 aliphatic rings. The van der Waals surface area contributed by atoms with Gasteiger partial charge < -0.3 is 10.6 Å². The number of rotatable bonds is 6. The minimum Gasteiger partial charge on any atom is -0.326 e. The zero-order valence-corrected chi connectivity index (χ0v) is 16.3. The highest BCUT2D eigenvalue weighted by molar-refractivity contribution is 5.90. The maximum atomic E-state index is 12.5. The third-order valence-corrected chi connectivity index (χ3v) is 4.36. The van der Waals surface area contributed by atoms with Gasteiger partial charge in [-0.1, -0.05) is 31.2 Å². The van der Waals surface area contributed by atoms with E-state index in [2.05, 4.69) is 22.5 Å². The molecule has 0 aliphatic carbocycles. The normalized spacial score (nSPS) is 10.5. The second-order valence-electron chi connectivity index (χ2n) is 6.74. The molecule has 6 nitrogen and oxygen atoms in total. The first kappa shape index (κ1) is 19.4. The second-order valence-corrected chi connectivity index (χ2v) is 6.74. The quantitative estimate of drug-likeness (QED) is 0.686. The number of carbonyl (C=O) groups is 1. The molecule has 0 aliphatic heterocycles. The molecule has 0 fully saturated rings. The lowest BCUT2D eigenvalue weighted by Gasteiger charge is -2.14. The van der Waals surface area contributed by atoms with Crippen molar-refractivity contribution in [1.82, 2.24) is 9.55 Å². The summed E-state index contributed by atoms with van der Waals surface area (Å²) in [4.78, 5) is 29.4. The fourth-order valence-electron chi connectivity index (χ4n) is 2.89. The molecular weight excluding hydrogens is 352 g/mol. The van der Waals surface area contributed by atoms with Gasteiger partial charge in [-0.25, -0.2) is 4.98 Å². The molecule has 0 saturated heterocycles. The molecule has 28 heavy (non-hydrogen) atoms. The lowest BCUT2D eigenvalue weighted by molar-refractivity contribution is -0.116. The van der Waals surface area contributed by atoms with Crippen LogP contribution in [-0.4, -0.2) is 15.5 Å². The van der Waals surface area contributed by atoms with Crippen molar-refractivity contribution in [2.45, 2.75) is 33.7 Å². The van der Waals surface area contributed by atoms with E-state index >= 15 is 0 Å². The molecular formula is C22H24N4O2. The number of benzene rings is 2. The summed E-state index contributed by atoms with van der Waals surface area (Å²) in [6.07, 6.45) is 0.937. The summed E-state index contributed by atoms with van der Waals surface area (Å²) in [6, 6.07) is 16.8. The summed E-state index contributed by atoms with van der Waals surface area (Å²) < 4.78 is 1.34. The van der Waals surface area contributed by atoms with Gasteiger partial charge in [-0.2, -0.15) is 0 Å². The Kier molecular flexibility index (Phi) is 5.89. The van der Waals surface area contributed by atoms with E-state index in [1.54, 1.807) is 6.92 Å². The number of hydrogen-bond donors (Lipinski definition) is 2. The van der Waals surface area contributed by atoms with Crippen LogP contribution in [0, 0.1) is 13.8 Å². The van der Waals surface area contributed by atoms with Crippen molar-refractivity contribution in [1.29, 1.82) is 0 Å². The zero-order chi connectivity index (χ0) is 20.1. The van der Waals surface area contributed by atoms with Crippen molar-refractivity contribution in [2.75, 3.05) is 10.6 Å². The summed E-state index contributed by atoms with van der Waals surface area (Å²) in [5, 5.41) is 5.98. The number of hydrogen-bond acceptors (Lipinski definition) is 4. The van der Waals surface area contributed by atoms with Crippen molar-refractivity contribution in [3.63, 3.8) is 0 Å². The summed E-state index contributed by atoms with van der Waals surface area (Å²) in [6.45, 7) is 5.69. The molecule has 1 amide bonds. The summed E-state index contributed by atoms with van der Waals surface area (Å²) in [5.41, 5.74) is 4.10. The lowest BCUT2D eigenvalue weighted by atomic mass is 10.1. The Morgan fingerprint density at radius 3 is 2.46 bits per heavy atom. The first-order valence-electron chi connectivity index (χ1n) is 9.25. The lowest BCUT2D eigenvalue weighted by Crippen LogP contribution is -2.30. The standard InChI is InChI=1S/C22H24N4O2/c1-4-17-8-10-18(11-9-17)24-20(27)14-26-21(28)13-16(3)23-22(26)25-19-7-5-6-15(2)12-19/h5-13H,4,14H2,1-3H3,(H,23,25)(H,24,27). The second kappa shape index (κ2) is 8.52. The molecule has 3 aromatic rings. The maximum absolute atomic E-state index is 12.5. The number of nitrogens with one attached hydrogen (secondary N) is 2. The van der Waals surface area contributed by atoms with Crippen LogP contribution < -0.4 is 16.2 Å². The predicted octanol–water partition coefficient (Wildman–Crippen LogP) is 3.80. The van der Waals surface area contributed by atoms with E-state index in [9.17, 15) is 9.59 Å². The third kappa shape index (κ3) is 4.85. The van der Waals surface area contributed by atoms with Gasteiger partial charge in [0.2, 0.25) is 11.9 Å². The number of carbonyl (C=O) groups excluding carboxylic acids is 1. The Hall–Kier alpha value is -3.41. The smallest absolute Gasteiger partial charge is 0.255 e. The van der Waals surface area contributed by atoms with Crippen LogP contribution in [-0.2, 0) is 17.8 Å². The van der Waals surface area contributed by atoms with Gasteiger partial charge in [-0.15, -0.1) is 0 Å². The van der Waals surface area contributed by atoms with Gasteiger partial charge in [0.05, 0.1) is 0 Å². The average molecular weight is 376 g/mol. The van der Waals surface area contributed by atoms with Crippen LogP contribution in [0.4, 0.5) is 17.3 Å². The molecule has 0 atom stereocenters. The van der Waals surface area contributed by atoms with Crippen LogP contribution in [0.15, 0.2) is 59.4 Å². The highest BCUT2D eigenvalue weighted by Gasteiger charge is 2.12. The van der Waals surface area contributed by atoms with E-state index < -0.39 is 0 Å². The van der Waals surface area contributed by atoms with Crippen molar-refractivity contribution in [3.05, 3.63) is 81.8 Å². The topological polar surface area (TPSA) is 76.0 Å². The molecule has 0 spiro atoms. The van der Waals surface area contributed by atoms with E-state index in [0.29, 0.717) is 17.3 Å². The van der Waals surface area contributed by atoms with E-state index in [-0.39, 0.29) is 18.0 Å². The summed E-state index contributed by atoms with van der Waals surface area (Å²) in [7, 11) is 0. The molecule has 1 heterocycles. The van der Waals surface area contributed by atoms with Crippen LogP contribution >= 0.6 is 0 Å². The summed E-state index contributed by atoms with van der Waals surface area (Å²) in [5.74, 6) is 0.0522. The molecule has 0 saturated carbocycles. The minimum atomic E-state index is -0.288. The van der Waals surface area contributed by atoms with Crippen molar-refractivity contribution in [2.24, 2.45) is 0 Å². The van der Waals surface area contributed by atoms with Gasteiger partial charge in [0.1, 0.15) is 6.54 Å². The molecule has 0 unspecified atom stereocenters. The van der Waals surface area contributed by atoms with Crippen LogP contribution in [0.1, 0.15) is 23.7 Å². The van der Waals surface area contributed by atoms with Gasteiger partial charge in [-0.3, -0.25) is 14.2 Å². The Morgan fingerprint density at radius 2 is 1.79 bits per heavy atom. The van der Waals surface area contributed by atoms with E-state index in [1.165, 1.54) is 16.2 Å². The molecule has 2 aromatic carbocycles. The van der Waals surface area contributed by atoms with Gasteiger partial charge in [0, 0.05) is 23.1 Å². The number of aryl methyl sites for hydroxylation is 3. The van der Waals surface area contributed by atoms with Crippen LogP contribution in [0.3, 0.4) is 0 Å². The maximum Gasteiger partial charge on any atom is 0.255 e. The number of anilines is 3. The van der Waals surface area contributed by atoms with Crippen molar-refractivity contribution < 1.29 is 4.79 Å². The van der Waals surface area contributed by atoms with Gasteiger partial charge >= 0.3 is 0 Å². The van der Waals surface area contributed by atoms with Crippen LogP contribution in [0.5, 0.6) is 0 Å². The van der Waals surface area contributed by atoms with Crippen LogP contribution in [0.25, 0.3) is 0 Å². The van der Waals surface area contributed by atoms with Gasteiger partial charge in [-0.05, 0) is 55.7 Å². The fraction of sp³-hybridized carbons (Fsp3) is 0.227. The predicted molar refractivity (Wildman–Crippen MR) is 112 cm³/mol. The molecule has 0 radical (unpaired) electrons. The molecule has 2 N–H and O–H groups in total. The van der Waals surface area contributed by atoms with E-state index in [0.717, 1.165) is 17.7 Å². The minimum absolute atomic E-state index is 0.129. The first-order chi connectivity index (χ1) is 13.4. The number of amides is 1. The number of nitrogens with zero attached hydrogens (tertiary/aromatic N) is 2. The van der Waals surface area contributed by atoms with Crippen molar-refractivity contribution >= 4 is 23.2 Å². The molecule has 6 heteroatoms. The molecule has 3 rings (SSSR count). The highest BCUT2D eigenvalue weighted by atomic mass is 16.2.